The molecule has 0 radical (unpaired) electrons. The van der Waals surface area contributed by atoms with Crippen molar-refractivity contribution in [1.29, 1.82) is 0 Å². The molecule has 78 valence electrons. The van der Waals surface area contributed by atoms with Gasteiger partial charge in [-0.15, -0.1) is 0 Å². The smallest absolute Gasteiger partial charge is 0.220 e. The maximum Gasteiger partial charge on any atom is 0.220 e. The molecule has 0 fully saturated rings. The molecule has 4 nitrogen and oxygen atoms in total. The summed E-state index contributed by atoms with van der Waals surface area (Å²) in [4.78, 5) is 18.2. The molecule has 1 aromatic heterocycles. The summed E-state index contributed by atoms with van der Waals surface area (Å²) in [7, 11) is 0. The van der Waals surface area contributed by atoms with Crippen LogP contribution in [0.4, 0.5) is 0 Å². The summed E-state index contributed by atoms with van der Waals surface area (Å²) in [5.41, 5.74) is 1.00. The first kappa shape index (κ1) is 10.8. The number of amides is 1. The van der Waals surface area contributed by atoms with E-state index in [4.69, 9.17) is 0 Å². The van der Waals surface area contributed by atoms with Gasteiger partial charge in [0.25, 0.3) is 0 Å². The summed E-state index contributed by atoms with van der Waals surface area (Å²) in [5, 5.41) is 2.87. The summed E-state index contributed by atoms with van der Waals surface area (Å²) in [5.74, 6) is 0.611. The van der Waals surface area contributed by atoms with Crippen molar-refractivity contribution in [2.45, 2.75) is 26.7 Å². The van der Waals surface area contributed by atoms with Gasteiger partial charge in [-0.25, -0.2) is 4.98 Å². The fourth-order valence-corrected chi connectivity index (χ4v) is 1.08. The van der Waals surface area contributed by atoms with Gasteiger partial charge >= 0.3 is 0 Å². The molecule has 2 N–H and O–H groups in total. The number of hydrogen-bond acceptors (Lipinski definition) is 2. The Labute approximate surface area is 84.1 Å². The van der Waals surface area contributed by atoms with Gasteiger partial charge in [0.1, 0.15) is 0 Å². The SMILES string of the molecule is CC(C)CNC(=O)CCc1cnc[nH]1. The minimum absolute atomic E-state index is 0.105. The van der Waals surface area contributed by atoms with Crippen LogP contribution in [-0.4, -0.2) is 22.4 Å². The topological polar surface area (TPSA) is 57.8 Å². The van der Waals surface area contributed by atoms with Gasteiger partial charge in [0.2, 0.25) is 5.91 Å². The van der Waals surface area contributed by atoms with Crippen molar-refractivity contribution in [3.8, 4) is 0 Å². The molecule has 0 saturated carbocycles. The van der Waals surface area contributed by atoms with E-state index in [1.165, 1.54) is 0 Å². The van der Waals surface area contributed by atoms with Crippen molar-refractivity contribution in [1.82, 2.24) is 15.3 Å². The molecule has 0 aromatic carbocycles. The van der Waals surface area contributed by atoms with Crippen LogP contribution >= 0.6 is 0 Å². The molecular formula is C10H17N3O. The van der Waals surface area contributed by atoms with Gasteiger partial charge in [-0.2, -0.15) is 0 Å². The summed E-state index contributed by atoms with van der Waals surface area (Å²) in [6.45, 7) is 4.91. The number of aromatic amines is 1. The quantitative estimate of drug-likeness (QED) is 0.739. The third-order valence-corrected chi connectivity index (χ3v) is 1.88. The first-order valence-electron chi connectivity index (χ1n) is 4.92. The first-order valence-corrected chi connectivity index (χ1v) is 4.92. The molecule has 0 aliphatic carbocycles. The molecule has 1 aromatic rings. The van der Waals surface area contributed by atoms with Gasteiger partial charge in [-0.3, -0.25) is 4.79 Å². The van der Waals surface area contributed by atoms with Gasteiger partial charge < -0.3 is 10.3 Å². The lowest BCUT2D eigenvalue weighted by molar-refractivity contribution is -0.121. The number of rotatable bonds is 5. The van der Waals surface area contributed by atoms with E-state index in [1.807, 2.05) is 0 Å². The molecule has 0 atom stereocenters. The Morgan fingerprint density at radius 2 is 2.43 bits per heavy atom. The van der Waals surface area contributed by atoms with Gasteiger partial charge in [-0.1, -0.05) is 13.8 Å². The molecule has 0 saturated heterocycles. The Balaban J connectivity index is 2.15. The zero-order valence-corrected chi connectivity index (χ0v) is 8.71. The Morgan fingerprint density at radius 3 is 3.00 bits per heavy atom. The number of aromatic nitrogens is 2. The zero-order chi connectivity index (χ0) is 10.4. The minimum atomic E-state index is 0.105. The van der Waals surface area contributed by atoms with Crippen molar-refractivity contribution < 1.29 is 4.79 Å². The zero-order valence-electron chi connectivity index (χ0n) is 8.71. The largest absolute Gasteiger partial charge is 0.356 e. The maximum absolute atomic E-state index is 11.3. The van der Waals surface area contributed by atoms with Gasteiger partial charge in [0, 0.05) is 24.9 Å². The number of carbonyl (C=O) groups is 1. The molecule has 1 amide bonds. The molecule has 0 aliphatic rings. The number of nitrogens with zero attached hydrogens (tertiary/aromatic N) is 1. The first-order chi connectivity index (χ1) is 6.68. The molecule has 14 heavy (non-hydrogen) atoms. The Morgan fingerprint density at radius 1 is 1.64 bits per heavy atom. The summed E-state index contributed by atoms with van der Waals surface area (Å²) in [6, 6.07) is 0. The Kier molecular flexibility index (Phi) is 4.16. The molecule has 1 rings (SSSR count). The van der Waals surface area contributed by atoms with Crippen molar-refractivity contribution >= 4 is 5.91 Å². The van der Waals surface area contributed by atoms with E-state index in [-0.39, 0.29) is 5.91 Å². The van der Waals surface area contributed by atoms with E-state index >= 15 is 0 Å². The normalized spacial score (nSPS) is 10.5. The Bertz CT molecular complexity index is 267. The molecule has 0 unspecified atom stereocenters. The predicted octanol–water partition coefficient (Wildman–Crippen LogP) is 1.11. The Hall–Kier alpha value is -1.32. The van der Waals surface area contributed by atoms with E-state index < -0.39 is 0 Å². The van der Waals surface area contributed by atoms with Crippen molar-refractivity contribution in [3.05, 3.63) is 18.2 Å². The van der Waals surface area contributed by atoms with Crippen molar-refractivity contribution in [2.24, 2.45) is 5.92 Å². The molecule has 4 heteroatoms. The second kappa shape index (κ2) is 5.42. The van der Waals surface area contributed by atoms with Crippen LogP contribution in [0.1, 0.15) is 26.0 Å². The van der Waals surface area contributed by atoms with Crippen LogP contribution in [0.2, 0.25) is 0 Å². The lowest BCUT2D eigenvalue weighted by Crippen LogP contribution is -2.27. The summed E-state index contributed by atoms with van der Waals surface area (Å²) >= 11 is 0. The van der Waals surface area contributed by atoms with Crippen LogP contribution in [0.15, 0.2) is 12.5 Å². The van der Waals surface area contributed by atoms with Crippen LogP contribution in [0, 0.1) is 5.92 Å². The number of carbonyl (C=O) groups excluding carboxylic acids is 1. The standard InChI is InChI=1S/C10H17N3O/c1-8(2)5-12-10(14)4-3-9-6-11-7-13-9/h6-8H,3-5H2,1-2H3,(H,11,13)(H,12,14). The van der Waals surface area contributed by atoms with Gasteiger partial charge in [0.05, 0.1) is 6.33 Å². The molecule has 1 heterocycles. The fraction of sp³-hybridized carbons (Fsp3) is 0.600. The third-order valence-electron chi connectivity index (χ3n) is 1.88. The van der Waals surface area contributed by atoms with E-state index in [2.05, 4.69) is 29.1 Å². The second-order valence-corrected chi connectivity index (χ2v) is 3.77. The lowest BCUT2D eigenvalue weighted by atomic mass is 10.2. The van der Waals surface area contributed by atoms with Crippen LogP contribution in [0.5, 0.6) is 0 Å². The molecule has 0 bridgehead atoms. The van der Waals surface area contributed by atoms with E-state index in [0.717, 1.165) is 18.7 Å². The van der Waals surface area contributed by atoms with E-state index in [1.54, 1.807) is 12.5 Å². The molecule has 0 aliphatic heterocycles. The maximum atomic E-state index is 11.3. The minimum Gasteiger partial charge on any atom is -0.356 e. The number of hydrogen-bond donors (Lipinski definition) is 2. The van der Waals surface area contributed by atoms with Crippen LogP contribution < -0.4 is 5.32 Å². The van der Waals surface area contributed by atoms with Crippen molar-refractivity contribution in [3.63, 3.8) is 0 Å². The highest BCUT2D eigenvalue weighted by Crippen LogP contribution is 1.97. The average Bonchev–Trinajstić information content (AvgIpc) is 2.63. The number of H-pyrrole nitrogens is 1. The predicted molar refractivity (Wildman–Crippen MR) is 54.8 cm³/mol. The molecule has 0 spiro atoms. The number of imidazole rings is 1. The van der Waals surface area contributed by atoms with E-state index in [0.29, 0.717) is 12.3 Å². The third kappa shape index (κ3) is 4.07. The van der Waals surface area contributed by atoms with Gasteiger partial charge in [-0.05, 0) is 12.3 Å². The highest BCUT2D eigenvalue weighted by atomic mass is 16.1. The van der Waals surface area contributed by atoms with Crippen LogP contribution in [0.3, 0.4) is 0 Å². The lowest BCUT2D eigenvalue weighted by Gasteiger charge is -2.06. The van der Waals surface area contributed by atoms with Crippen molar-refractivity contribution in [2.75, 3.05) is 6.54 Å². The highest BCUT2D eigenvalue weighted by Gasteiger charge is 2.03. The van der Waals surface area contributed by atoms with Crippen LogP contribution in [-0.2, 0) is 11.2 Å². The molecular weight excluding hydrogens is 178 g/mol. The van der Waals surface area contributed by atoms with Crippen LogP contribution in [0.25, 0.3) is 0 Å². The fourth-order valence-electron chi connectivity index (χ4n) is 1.08. The number of aryl methyl sites for hydroxylation is 1. The highest BCUT2D eigenvalue weighted by molar-refractivity contribution is 5.76. The van der Waals surface area contributed by atoms with E-state index in [9.17, 15) is 4.79 Å². The monoisotopic (exact) mass is 195 g/mol. The number of nitrogens with one attached hydrogen (secondary N) is 2. The summed E-state index contributed by atoms with van der Waals surface area (Å²) < 4.78 is 0. The summed E-state index contributed by atoms with van der Waals surface area (Å²) in [6.07, 6.45) is 4.62. The second-order valence-electron chi connectivity index (χ2n) is 3.77. The van der Waals surface area contributed by atoms with Gasteiger partial charge in [0.15, 0.2) is 0 Å². The average molecular weight is 195 g/mol.